The maximum absolute atomic E-state index is 13.4. The first-order valence-electron chi connectivity index (χ1n) is 12.4. The fraction of sp³-hybridized carbons (Fsp3) is 0.357. The van der Waals surface area contributed by atoms with Crippen LogP contribution in [-0.4, -0.2) is 47.8 Å². The number of rotatable bonds is 10. The molecule has 2 aromatic carbocycles. The van der Waals surface area contributed by atoms with Crippen LogP contribution in [0.4, 0.5) is 5.13 Å². The van der Waals surface area contributed by atoms with Crippen LogP contribution in [0, 0.1) is 0 Å². The lowest BCUT2D eigenvalue weighted by Crippen LogP contribution is -2.29. The van der Waals surface area contributed by atoms with Gasteiger partial charge < -0.3 is 19.3 Å². The number of unbranched alkanes of at least 4 members (excludes halogenated alkanes) is 1. The van der Waals surface area contributed by atoms with Gasteiger partial charge in [0.25, 0.3) is 5.78 Å². The van der Waals surface area contributed by atoms with Crippen molar-refractivity contribution in [1.82, 2.24) is 10.2 Å². The third-order valence-corrected chi connectivity index (χ3v) is 7.42. The predicted molar refractivity (Wildman–Crippen MR) is 145 cm³/mol. The molecule has 0 radical (unpaired) electrons. The van der Waals surface area contributed by atoms with E-state index in [-0.39, 0.29) is 22.4 Å². The van der Waals surface area contributed by atoms with Crippen LogP contribution in [0.3, 0.4) is 0 Å². The summed E-state index contributed by atoms with van der Waals surface area (Å²) in [4.78, 5) is 28.1. The van der Waals surface area contributed by atoms with Crippen molar-refractivity contribution in [3.63, 3.8) is 0 Å². The molecule has 1 saturated heterocycles. The first kappa shape index (κ1) is 27.1. The lowest BCUT2D eigenvalue weighted by Gasteiger charge is -2.23. The highest BCUT2D eigenvalue weighted by molar-refractivity contribution is 7.15. The number of aromatic nitrogens is 2. The molecule has 0 spiro atoms. The molecule has 1 fully saturated rings. The van der Waals surface area contributed by atoms with Crippen LogP contribution >= 0.6 is 11.3 Å². The van der Waals surface area contributed by atoms with E-state index in [1.165, 1.54) is 30.5 Å². The number of nitrogens with zero attached hydrogens (tertiary/aromatic N) is 3. The molecule has 200 valence electrons. The summed E-state index contributed by atoms with van der Waals surface area (Å²) in [6.07, 6.45) is 1.95. The second-order valence-corrected chi connectivity index (χ2v) is 10.1. The Kier molecular flexibility index (Phi) is 8.31. The van der Waals surface area contributed by atoms with Gasteiger partial charge in [0.15, 0.2) is 11.5 Å². The molecule has 4 rings (SSSR count). The molecule has 1 aliphatic rings. The number of hydrogen-bond donors (Lipinski definition) is 1. The summed E-state index contributed by atoms with van der Waals surface area (Å²) in [5.74, 6) is -0.240. The zero-order valence-electron chi connectivity index (χ0n) is 22.1. The summed E-state index contributed by atoms with van der Waals surface area (Å²) in [5.41, 5.74) is 0.879. The molecule has 1 amide bonds. The van der Waals surface area contributed by atoms with Gasteiger partial charge >= 0.3 is 5.91 Å². The van der Waals surface area contributed by atoms with Gasteiger partial charge in [0.1, 0.15) is 16.5 Å². The van der Waals surface area contributed by atoms with E-state index in [1.54, 1.807) is 42.5 Å². The number of amides is 1. The van der Waals surface area contributed by atoms with E-state index in [9.17, 15) is 14.7 Å². The van der Waals surface area contributed by atoms with E-state index in [2.05, 4.69) is 17.1 Å². The summed E-state index contributed by atoms with van der Waals surface area (Å²) in [5, 5.41) is 20.8. The molecule has 0 aliphatic carbocycles. The number of Topliss-reactive ketones (excluding diaryl/α,β-unsaturated/α-hetero) is 1. The summed E-state index contributed by atoms with van der Waals surface area (Å²) in [6, 6.07) is 10.9. The highest BCUT2D eigenvalue weighted by atomic mass is 32.1. The maximum atomic E-state index is 13.4. The SMILES string of the molecule is CCCCOc1ccc(/C(O)=C2/C(=O)C(=O)N(c3nnc(C(C)C)s3)C2c2ccc(OC)c(OC)c2)cc1. The normalized spacial score (nSPS) is 16.8. The van der Waals surface area contributed by atoms with E-state index in [4.69, 9.17) is 14.2 Å². The summed E-state index contributed by atoms with van der Waals surface area (Å²) in [6.45, 7) is 6.62. The first-order valence-corrected chi connectivity index (χ1v) is 13.2. The number of ether oxygens (including phenoxy) is 3. The third kappa shape index (κ3) is 5.22. The Labute approximate surface area is 225 Å². The molecule has 1 unspecified atom stereocenters. The molecule has 38 heavy (non-hydrogen) atoms. The van der Waals surface area contributed by atoms with Crippen molar-refractivity contribution in [3.8, 4) is 17.2 Å². The molecule has 1 atom stereocenters. The van der Waals surface area contributed by atoms with Crippen molar-refractivity contribution in [2.24, 2.45) is 0 Å². The van der Waals surface area contributed by atoms with E-state index in [1.807, 2.05) is 13.8 Å². The van der Waals surface area contributed by atoms with Gasteiger partial charge in [-0.25, -0.2) is 0 Å². The fourth-order valence-corrected chi connectivity index (χ4v) is 5.00. The Bertz CT molecular complexity index is 1350. The summed E-state index contributed by atoms with van der Waals surface area (Å²) >= 11 is 1.23. The zero-order chi connectivity index (χ0) is 27.4. The van der Waals surface area contributed by atoms with Crippen molar-refractivity contribution >= 4 is 33.9 Å². The topological polar surface area (TPSA) is 111 Å². The van der Waals surface area contributed by atoms with Crippen molar-refractivity contribution in [1.29, 1.82) is 0 Å². The van der Waals surface area contributed by atoms with Crippen molar-refractivity contribution in [2.45, 2.75) is 45.6 Å². The van der Waals surface area contributed by atoms with Crippen molar-refractivity contribution < 1.29 is 28.9 Å². The number of hydrogen-bond acceptors (Lipinski definition) is 9. The second kappa shape index (κ2) is 11.6. The molecular formula is C28H31N3O6S. The van der Waals surface area contributed by atoms with E-state index in [0.717, 1.165) is 17.8 Å². The average molecular weight is 538 g/mol. The molecule has 0 saturated carbocycles. The Hall–Kier alpha value is -3.92. The van der Waals surface area contributed by atoms with Crippen LogP contribution in [0.15, 0.2) is 48.0 Å². The van der Waals surface area contributed by atoms with E-state index >= 15 is 0 Å². The first-order chi connectivity index (χ1) is 18.3. The number of anilines is 1. The number of aliphatic hydroxyl groups excluding tert-OH is 1. The highest BCUT2D eigenvalue weighted by Gasteiger charge is 2.48. The fourth-order valence-electron chi connectivity index (χ4n) is 4.12. The maximum Gasteiger partial charge on any atom is 0.301 e. The zero-order valence-corrected chi connectivity index (χ0v) is 22.9. The molecule has 9 nitrogen and oxygen atoms in total. The number of carbonyl (C=O) groups is 2. The number of benzene rings is 2. The monoisotopic (exact) mass is 537 g/mol. The Morgan fingerprint density at radius 1 is 1.05 bits per heavy atom. The minimum atomic E-state index is -0.955. The average Bonchev–Trinajstić information content (AvgIpc) is 3.51. The number of ketones is 1. The van der Waals surface area contributed by atoms with Crippen molar-refractivity contribution in [3.05, 3.63) is 64.2 Å². The van der Waals surface area contributed by atoms with Gasteiger partial charge in [-0.2, -0.15) is 0 Å². The summed E-state index contributed by atoms with van der Waals surface area (Å²) < 4.78 is 16.5. The number of aliphatic hydroxyl groups is 1. The molecule has 0 bridgehead atoms. The lowest BCUT2D eigenvalue weighted by atomic mass is 9.95. The predicted octanol–water partition coefficient (Wildman–Crippen LogP) is 5.48. The van der Waals surface area contributed by atoms with Gasteiger partial charge in [-0.05, 0) is 48.4 Å². The minimum absolute atomic E-state index is 0.0526. The molecular weight excluding hydrogens is 506 g/mol. The van der Waals surface area contributed by atoms with Crippen LogP contribution in [0.1, 0.15) is 61.7 Å². The Morgan fingerprint density at radius 2 is 1.76 bits per heavy atom. The largest absolute Gasteiger partial charge is 0.507 e. The smallest absolute Gasteiger partial charge is 0.301 e. The van der Waals surface area contributed by atoms with E-state index in [0.29, 0.717) is 35.0 Å². The van der Waals surface area contributed by atoms with Crippen molar-refractivity contribution in [2.75, 3.05) is 25.7 Å². The lowest BCUT2D eigenvalue weighted by molar-refractivity contribution is -0.132. The third-order valence-electron chi connectivity index (χ3n) is 6.19. The van der Waals surface area contributed by atoms with Gasteiger partial charge in [0.05, 0.1) is 32.4 Å². The van der Waals surface area contributed by atoms with Crippen LogP contribution in [-0.2, 0) is 9.59 Å². The second-order valence-electron chi connectivity index (χ2n) is 9.09. The van der Waals surface area contributed by atoms with Crippen LogP contribution in [0.2, 0.25) is 0 Å². The van der Waals surface area contributed by atoms with Crippen LogP contribution in [0.25, 0.3) is 5.76 Å². The number of carbonyl (C=O) groups excluding carboxylic acids is 2. The van der Waals surface area contributed by atoms with Gasteiger partial charge in [0, 0.05) is 11.5 Å². The Balaban J connectivity index is 1.84. The van der Waals surface area contributed by atoms with Crippen LogP contribution < -0.4 is 19.1 Å². The molecule has 1 aromatic heterocycles. The molecule has 1 aliphatic heterocycles. The van der Waals surface area contributed by atoms with Gasteiger partial charge in [-0.3, -0.25) is 14.5 Å². The quantitative estimate of drug-likeness (QED) is 0.157. The molecule has 1 N–H and O–H groups in total. The minimum Gasteiger partial charge on any atom is -0.507 e. The summed E-state index contributed by atoms with van der Waals surface area (Å²) in [7, 11) is 3.02. The van der Waals surface area contributed by atoms with Gasteiger partial charge in [-0.1, -0.05) is 44.6 Å². The van der Waals surface area contributed by atoms with Gasteiger partial charge in [0.2, 0.25) is 5.13 Å². The van der Waals surface area contributed by atoms with Gasteiger partial charge in [-0.15, -0.1) is 10.2 Å². The van der Waals surface area contributed by atoms with E-state index < -0.39 is 17.7 Å². The number of methoxy groups -OCH3 is 2. The molecule has 2 heterocycles. The Morgan fingerprint density at radius 3 is 2.37 bits per heavy atom. The van der Waals surface area contributed by atoms with Crippen LogP contribution in [0.5, 0.6) is 17.2 Å². The standard InChI is InChI=1S/C28H31N3O6S/c1-6-7-14-37-19-11-8-17(9-12-19)24(32)22-23(18-10-13-20(35-4)21(15-18)36-5)31(27(34)25(22)33)28-30-29-26(38-28)16(2)3/h8-13,15-16,23,32H,6-7,14H2,1-5H3/b24-22-. The molecule has 3 aromatic rings. The molecule has 10 heteroatoms. The highest BCUT2D eigenvalue weighted by Crippen LogP contribution is 2.45.